The first-order valence-electron chi connectivity index (χ1n) is 10.4. The summed E-state index contributed by atoms with van der Waals surface area (Å²) in [6.45, 7) is 4.28. The third-order valence-corrected chi connectivity index (χ3v) is 6.52. The lowest BCUT2D eigenvalue weighted by Crippen LogP contribution is -2.28. The van der Waals surface area contributed by atoms with E-state index < -0.39 is 0 Å². The van der Waals surface area contributed by atoms with Crippen LogP contribution < -0.4 is 14.8 Å². The second-order valence-corrected chi connectivity index (χ2v) is 8.41. The van der Waals surface area contributed by atoms with Crippen molar-refractivity contribution in [3.8, 4) is 11.5 Å². The van der Waals surface area contributed by atoms with E-state index in [2.05, 4.69) is 40.5 Å². The van der Waals surface area contributed by atoms with Gasteiger partial charge in [0.05, 0.1) is 14.2 Å². The highest BCUT2D eigenvalue weighted by Crippen LogP contribution is 2.34. The quantitative estimate of drug-likeness (QED) is 0.332. The molecule has 2 aromatic carbocycles. The largest absolute Gasteiger partial charge is 0.493 e. The number of nitrogens with one attached hydrogen (secondary N) is 2. The first-order chi connectivity index (χ1) is 15.7. The lowest BCUT2D eigenvalue weighted by atomic mass is 9.96. The fourth-order valence-electron chi connectivity index (χ4n) is 4.01. The van der Waals surface area contributed by atoms with Gasteiger partial charge in [0, 0.05) is 45.6 Å². The van der Waals surface area contributed by atoms with Gasteiger partial charge in [-0.25, -0.2) is 0 Å². The molecule has 0 bridgehead atoms. The van der Waals surface area contributed by atoms with E-state index in [1.807, 2.05) is 30.5 Å². The Morgan fingerprint density at radius 1 is 1.19 bits per heavy atom. The Morgan fingerprint density at radius 3 is 2.75 bits per heavy atom. The number of para-hydroxylation sites is 1. The molecule has 2 heterocycles. The van der Waals surface area contributed by atoms with Gasteiger partial charge in [0.25, 0.3) is 5.91 Å². The molecule has 0 aliphatic carbocycles. The van der Waals surface area contributed by atoms with Crippen LogP contribution in [0.4, 0.5) is 0 Å². The summed E-state index contributed by atoms with van der Waals surface area (Å²) in [5, 5.41) is 6.36. The number of hydrogen-bond donors (Lipinski definition) is 2. The van der Waals surface area contributed by atoms with Gasteiger partial charge in [-0.05, 0) is 41.6 Å². The van der Waals surface area contributed by atoms with E-state index in [1.54, 1.807) is 37.7 Å². The van der Waals surface area contributed by atoms with Crippen molar-refractivity contribution in [1.29, 1.82) is 0 Å². The van der Waals surface area contributed by atoms with Gasteiger partial charge in [-0.15, -0.1) is 17.9 Å². The maximum atomic E-state index is 13.1. The van der Waals surface area contributed by atoms with Crippen LogP contribution in [-0.2, 0) is 6.42 Å². The number of aromatic amines is 1. The number of amides is 1. The Kier molecular flexibility index (Phi) is 6.61. The lowest BCUT2D eigenvalue weighted by molar-refractivity contribution is 0.0952. The van der Waals surface area contributed by atoms with Crippen molar-refractivity contribution in [3.63, 3.8) is 0 Å². The fraction of sp³-hybridized carbons (Fsp3) is 0.192. The molecule has 5 nitrogen and oxygen atoms in total. The standard InChI is InChI=1S/C26H26N2O3S/c1-4-8-17-13-18(14-23(30-2)25(17)31-3)26(29)28-16-21(24-11-7-12-32-24)20-15-27-22-10-6-5-9-19(20)22/h4-7,9-15,21,27H,1,8,16H2,2-3H3,(H,28,29). The van der Waals surface area contributed by atoms with Crippen LogP contribution in [0.25, 0.3) is 10.9 Å². The van der Waals surface area contributed by atoms with Crippen LogP contribution in [0.1, 0.15) is 32.3 Å². The maximum absolute atomic E-state index is 13.1. The normalized spacial score (nSPS) is 11.8. The Hall–Kier alpha value is -3.51. The summed E-state index contributed by atoms with van der Waals surface area (Å²) in [6, 6.07) is 15.9. The molecule has 0 spiro atoms. The number of carbonyl (C=O) groups excluding carboxylic acids is 1. The third kappa shape index (κ3) is 4.27. The van der Waals surface area contributed by atoms with Gasteiger partial charge in [0.15, 0.2) is 11.5 Å². The van der Waals surface area contributed by atoms with Crippen LogP contribution in [-0.4, -0.2) is 31.7 Å². The molecule has 2 N–H and O–H groups in total. The molecule has 0 saturated carbocycles. The first-order valence-corrected chi connectivity index (χ1v) is 11.3. The monoisotopic (exact) mass is 446 g/mol. The number of ether oxygens (including phenoxy) is 2. The Bertz CT molecular complexity index is 1230. The molecular weight excluding hydrogens is 420 g/mol. The molecule has 0 saturated heterocycles. The van der Waals surface area contributed by atoms with Gasteiger partial charge < -0.3 is 19.8 Å². The van der Waals surface area contributed by atoms with E-state index in [-0.39, 0.29) is 11.8 Å². The zero-order valence-corrected chi connectivity index (χ0v) is 19.0. The number of thiophene rings is 1. The molecule has 6 heteroatoms. The van der Waals surface area contributed by atoms with E-state index in [1.165, 1.54) is 15.8 Å². The Morgan fingerprint density at radius 2 is 2.03 bits per heavy atom. The zero-order valence-electron chi connectivity index (χ0n) is 18.2. The number of rotatable bonds is 9. The van der Waals surface area contributed by atoms with Crippen LogP contribution >= 0.6 is 11.3 Å². The van der Waals surface area contributed by atoms with E-state index >= 15 is 0 Å². The minimum Gasteiger partial charge on any atom is -0.493 e. The number of allylic oxidation sites excluding steroid dienone is 1. The summed E-state index contributed by atoms with van der Waals surface area (Å²) < 4.78 is 10.9. The summed E-state index contributed by atoms with van der Waals surface area (Å²) in [4.78, 5) is 17.7. The number of benzene rings is 2. The molecule has 4 rings (SSSR count). The SMILES string of the molecule is C=CCc1cc(C(=O)NCC(c2cccs2)c2c[nH]c3ccccc23)cc(OC)c1OC. The zero-order chi connectivity index (χ0) is 22.5. The van der Waals surface area contributed by atoms with Gasteiger partial charge in [0.1, 0.15) is 0 Å². The van der Waals surface area contributed by atoms with Crippen molar-refractivity contribution in [1.82, 2.24) is 10.3 Å². The average molecular weight is 447 g/mol. The number of aromatic nitrogens is 1. The second-order valence-electron chi connectivity index (χ2n) is 7.43. The molecule has 0 aliphatic rings. The predicted octanol–water partition coefficient (Wildman–Crippen LogP) is 5.54. The van der Waals surface area contributed by atoms with E-state index in [9.17, 15) is 4.79 Å². The molecule has 0 aliphatic heterocycles. The van der Waals surface area contributed by atoms with E-state index in [4.69, 9.17) is 9.47 Å². The molecular formula is C26H26N2O3S. The lowest BCUT2D eigenvalue weighted by Gasteiger charge is -2.18. The van der Waals surface area contributed by atoms with Crippen LogP contribution in [0.3, 0.4) is 0 Å². The van der Waals surface area contributed by atoms with Gasteiger partial charge in [-0.2, -0.15) is 0 Å². The van der Waals surface area contributed by atoms with Crippen molar-refractivity contribution >= 4 is 28.1 Å². The second kappa shape index (κ2) is 9.75. The minimum absolute atomic E-state index is 0.0443. The summed E-state index contributed by atoms with van der Waals surface area (Å²) >= 11 is 1.69. The highest BCUT2D eigenvalue weighted by atomic mass is 32.1. The van der Waals surface area contributed by atoms with Crippen molar-refractivity contribution in [2.24, 2.45) is 0 Å². The molecule has 2 aromatic heterocycles. The van der Waals surface area contributed by atoms with Crippen molar-refractivity contribution in [2.75, 3.05) is 20.8 Å². The maximum Gasteiger partial charge on any atom is 0.251 e. The van der Waals surface area contributed by atoms with Gasteiger partial charge >= 0.3 is 0 Å². The first kappa shape index (κ1) is 21.7. The Balaban J connectivity index is 1.62. The summed E-state index contributed by atoms with van der Waals surface area (Å²) in [7, 11) is 3.16. The van der Waals surface area contributed by atoms with Crippen molar-refractivity contribution in [3.05, 3.63) is 94.3 Å². The fourth-order valence-corrected chi connectivity index (χ4v) is 4.86. The number of methoxy groups -OCH3 is 2. The number of H-pyrrole nitrogens is 1. The van der Waals surface area contributed by atoms with E-state index in [0.29, 0.717) is 30.0 Å². The van der Waals surface area contributed by atoms with Crippen molar-refractivity contribution in [2.45, 2.75) is 12.3 Å². The third-order valence-electron chi connectivity index (χ3n) is 5.53. The highest BCUT2D eigenvalue weighted by molar-refractivity contribution is 7.10. The van der Waals surface area contributed by atoms with Gasteiger partial charge in [0.2, 0.25) is 0 Å². The van der Waals surface area contributed by atoms with Gasteiger partial charge in [-0.1, -0.05) is 30.3 Å². The smallest absolute Gasteiger partial charge is 0.251 e. The topological polar surface area (TPSA) is 63.4 Å². The molecule has 0 fully saturated rings. The van der Waals surface area contributed by atoms with Crippen LogP contribution in [0.2, 0.25) is 0 Å². The van der Waals surface area contributed by atoms with Crippen molar-refractivity contribution < 1.29 is 14.3 Å². The minimum atomic E-state index is -0.155. The van der Waals surface area contributed by atoms with Crippen LogP contribution in [0.5, 0.6) is 11.5 Å². The summed E-state index contributed by atoms with van der Waals surface area (Å²) in [6.07, 6.45) is 4.40. The molecule has 0 radical (unpaired) electrons. The molecule has 1 unspecified atom stereocenters. The van der Waals surface area contributed by atoms with Gasteiger partial charge in [-0.3, -0.25) is 4.79 Å². The molecule has 1 atom stereocenters. The summed E-state index contributed by atoms with van der Waals surface area (Å²) in [5.41, 5.74) is 3.65. The average Bonchev–Trinajstić information content (AvgIpc) is 3.50. The predicted molar refractivity (Wildman–Crippen MR) is 130 cm³/mol. The van der Waals surface area contributed by atoms with E-state index in [0.717, 1.165) is 11.1 Å². The Labute approximate surface area is 191 Å². The highest BCUT2D eigenvalue weighted by Gasteiger charge is 2.21. The number of hydrogen-bond acceptors (Lipinski definition) is 4. The molecule has 32 heavy (non-hydrogen) atoms. The number of carbonyl (C=O) groups is 1. The summed E-state index contributed by atoms with van der Waals surface area (Å²) in [5.74, 6) is 1.04. The molecule has 164 valence electrons. The molecule has 1 amide bonds. The van der Waals surface area contributed by atoms with Crippen LogP contribution in [0.15, 0.2) is 72.8 Å². The van der Waals surface area contributed by atoms with Crippen LogP contribution in [0, 0.1) is 0 Å². The molecule has 4 aromatic rings. The number of fused-ring (bicyclic) bond motifs is 1.